The molecule has 0 amide bonds. The highest BCUT2D eigenvalue weighted by molar-refractivity contribution is 8.14. The molecule has 1 aliphatic rings. The summed E-state index contributed by atoms with van der Waals surface area (Å²) >= 11 is 1.75. The van der Waals surface area contributed by atoms with Gasteiger partial charge in [-0.25, -0.2) is 0 Å². The Bertz CT molecular complexity index is 116. The van der Waals surface area contributed by atoms with Crippen molar-refractivity contribution >= 4 is 22.6 Å². The van der Waals surface area contributed by atoms with E-state index in [1.165, 1.54) is 0 Å². The van der Waals surface area contributed by atoms with Gasteiger partial charge in [0.05, 0.1) is 6.61 Å². The van der Waals surface area contributed by atoms with Crippen LogP contribution in [0.2, 0.25) is 0 Å². The van der Waals surface area contributed by atoms with Crippen molar-refractivity contribution in [3.63, 3.8) is 0 Å². The van der Waals surface area contributed by atoms with Crippen molar-refractivity contribution in [2.24, 2.45) is 0 Å². The second-order valence-electron chi connectivity index (χ2n) is 1.84. The normalized spacial score (nSPS) is 35.2. The maximum Gasteiger partial charge on any atom is 0.103 e. The van der Waals surface area contributed by atoms with Gasteiger partial charge in [0.15, 0.2) is 0 Å². The Morgan fingerprint density at radius 2 is 2.67 bits per heavy atom. The Kier molecular flexibility index (Phi) is 3.01. The van der Waals surface area contributed by atoms with Crippen molar-refractivity contribution in [2.75, 3.05) is 25.2 Å². The van der Waals surface area contributed by atoms with Crippen molar-refractivity contribution in [1.82, 2.24) is 0 Å². The first-order valence-electron chi connectivity index (χ1n) is 2.82. The predicted octanol–water partition coefficient (Wildman–Crippen LogP) is 0.454. The monoisotopic (exact) mass is 166 g/mol. The van der Waals surface area contributed by atoms with E-state index < -0.39 is 10.8 Å². The molecule has 0 spiro atoms. The van der Waals surface area contributed by atoms with Gasteiger partial charge in [0.2, 0.25) is 0 Å². The lowest BCUT2D eigenvalue weighted by Gasteiger charge is -2.03. The molecule has 9 heavy (non-hydrogen) atoms. The largest absolute Gasteiger partial charge is 0.383 e. The fourth-order valence-corrected chi connectivity index (χ4v) is 4.00. The highest BCUT2D eigenvalue weighted by atomic mass is 32.2. The van der Waals surface area contributed by atoms with Crippen LogP contribution >= 0.6 is 11.8 Å². The number of rotatable bonds is 2. The average molecular weight is 166 g/mol. The summed E-state index contributed by atoms with van der Waals surface area (Å²) in [6.45, 7) is 0.636. The van der Waals surface area contributed by atoms with Crippen LogP contribution in [0.15, 0.2) is 0 Å². The predicted molar refractivity (Wildman–Crippen MR) is 41.1 cm³/mol. The molecular formula is C5H10O2S2. The van der Waals surface area contributed by atoms with E-state index in [0.717, 1.165) is 11.5 Å². The summed E-state index contributed by atoms with van der Waals surface area (Å²) in [5.41, 5.74) is 0. The molecule has 0 bridgehead atoms. The van der Waals surface area contributed by atoms with E-state index in [2.05, 4.69) is 0 Å². The van der Waals surface area contributed by atoms with Crippen LogP contribution < -0.4 is 0 Å². The fraction of sp³-hybridized carbons (Fsp3) is 1.00. The molecule has 0 N–H and O–H groups in total. The SMILES string of the molecule is COCC1SCCS1=O. The smallest absolute Gasteiger partial charge is 0.103 e. The minimum absolute atomic E-state index is 0.245. The molecule has 54 valence electrons. The van der Waals surface area contributed by atoms with Crippen LogP contribution in [0.3, 0.4) is 0 Å². The molecule has 0 radical (unpaired) electrons. The van der Waals surface area contributed by atoms with E-state index >= 15 is 0 Å². The molecule has 1 heterocycles. The van der Waals surface area contributed by atoms with Crippen LogP contribution in [0.1, 0.15) is 0 Å². The van der Waals surface area contributed by atoms with Gasteiger partial charge in [-0.3, -0.25) is 4.21 Å². The Balaban J connectivity index is 2.31. The third kappa shape index (κ3) is 1.95. The summed E-state index contributed by atoms with van der Waals surface area (Å²) in [6.07, 6.45) is 0. The number of ether oxygens (including phenoxy) is 1. The average Bonchev–Trinajstić information content (AvgIpc) is 2.18. The van der Waals surface area contributed by atoms with E-state index in [1.807, 2.05) is 0 Å². The van der Waals surface area contributed by atoms with Gasteiger partial charge in [0.25, 0.3) is 0 Å². The topological polar surface area (TPSA) is 26.3 Å². The molecule has 1 saturated heterocycles. The van der Waals surface area contributed by atoms with Gasteiger partial charge in [-0.2, -0.15) is 0 Å². The van der Waals surface area contributed by atoms with Gasteiger partial charge < -0.3 is 4.74 Å². The molecule has 0 aromatic rings. The molecule has 0 aromatic carbocycles. The maximum atomic E-state index is 11.0. The molecule has 1 aliphatic heterocycles. The van der Waals surface area contributed by atoms with Crippen molar-refractivity contribution < 1.29 is 8.95 Å². The lowest BCUT2D eigenvalue weighted by atomic mass is 10.8. The minimum Gasteiger partial charge on any atom is -0.383 e. The first-order chi connectivity index (χ1) is 4.34. The van der Waals surface area contributed by atoms with Crippen LogP contribution in [-0.4, -0.2) is 34.0 Å². The van der Waals surface area contributed by atoms with E-state index in [-0.39, 0.29) is 4.58 Å². The second kappa shape index (κ2) is 3.58. The lowest BCUT2D eigenvalue weighted by molar-refractivity contribution is 0.213. The summed E-state index contributed by atoms with van der Waals surface area (Å²) in [4.78, 5) is 0. The number of methoxy groups -OCH3 is 1. The molecule has 0 aliphatic carbocycles. The summed E-state index contributed by atoms with van der Waals surface area (Å²) in [5.74, 6) is 1.87. The molecule has 2 atom stereocenters. The number of thioether (sulfide) groups is 1. The minimum atomic E-state index is -0.623. The first kappa shape index (κ1) is 7.57. The van der Waals surface area contributed by atoms with Crippen molar-refractivity contribution in [3.8, 4) is 0 Å². The van der Waals surface area contributed by atoms with Gasteiger partial charge in [-0.05, 0) is 0 Å². The highest BCUT2D eigenvalue weighted by Crippen LogP contribution is 2.22. The van der Waals surface area contributed by atoms with E-state index in [0.29, 0.717) is 6.61 Å². The summed E-state index contributed by atoms with van der Waals surface area (Å²) in [5, 5.41) is 0. The molecule has 1 rings (SSSR count). The number of hydrogen-bond donors (Lipinski definition) is 0. The third-order valence-electron chi connectivity index (χ3n) is 1.18. The van der Waals surface area contributed by atoms with Crippen LogP contribution in [0.5, 0.6) is 0 Å². The third-order valence-corrected chi connectivity index (χ3v) is 4.77. The summed E-state index contributed by atoms with van der Waals surface area (Å²) in [6, 6.07) is 0. The quantitative estimate of drug-likeness (QED) is 0.596. The van der Waals surface area contributed by atoms with E-state index in [1.54, 1.807) is 18.9 Å². The zero-order chi connectivity index (χ0) is 6.69. The van der Waals surface area contributed by atoms with Crippen LogP contribution in [0, 0.1) is 0 Å². The first-order valence-corrected chi connectivity index (χ1v) is 5.25. The summed E-state index contributed by atoms with van der Waals surface area (Å²) < 4.78 is 16.1. The van der Waals surface area contributed by atoms with Crippen molar-refractivity contribution in [2.45, 2.75) is 4.58 Å². The van der Waals surface area contributed by atoms with Gasteiger partial charge in [0, 0.05) is 29.4 Å². The van der Waals surface area contributed by atoms with Gasteiger partial charge >= 0.3 is 0 Å². The Hall–Kier alpha value is 0.460. The van der Waals surface area contributed by atoms with Gasteiger partial charge in [0.1, 0.15) is 4.58 Å². The van der Waals surface area contributed by atoms with Crippen molar-refractivity contribution in [1.29, 1.82) is 0 Å². The van der Waals surface area contributed by atoms with Crippen LogP contribution in [0.25, 0.3) is 0 Å². The fourth-order valence-electron chi connectivity index (χ4n) is 0.729. The van der Waals surface area contributed by atoms with Crippen LogP contribution in [0.4, 0.5) is 0 Å². The molecule has 2 nitrogen and oxygen atoms in total. The molecule has 4 heteroatoms. The van der Waals surface area contributed by atoms with E-state index in [4.69, 9.17) is 4.74 Å². The zero-order valence-electron chi connectivity index (χ0n) is 5.33. The molecular weight excluding hydrogens is 156 g/mol. The van der Waals surface area contributed by atoms with Crippen LogP contribution in [-0.2, 0) is 15.5 Å². The molecule has 0 aromatic heterocycles. The lowest BCUT2D eigenvalue weighted by Crippen LogP contribution is -2.12. The molecule has 2 unspecified atom stereocenters. The zero-order valence-corrected chi connectivity index (χ0v) is 6.96. The molecule has 0 saturated carbocycles. The Morgan fingerprint density at radius 3 is 3.11 bits per heavy atom. The van der Waals surface area contributed by atoms with Crippen molar-refractivity contribution in [3.05, 3.63) is 0 Å². The Morgan fingerprint density at radius 1 is 1.89 bits per heavy atom. The summed E-state index contributed by atoms with van der Waals surface area (Å²) in [7, 11) is 1.03. The maximum absolute atomic E-state index is 11.0. The highest BCUT2D eigenvalue weighted by Gasteiger charge is 2.22. The number of hydrogen-bond acceptors (Lipinski definition) is 3. The standard InChI is InChI=1S/C5H10O2S2/c1-7-4-5-8-2-3-9(5)6/h5H,2-4H2,1H3. The van der Waals surface area contributed by atoms with Gasteiger partial charge in [-0.15, -0.1) is 11.8 Å². The molecule has 1 fully saturated rings. The van der Waals surface area contributed by atoms with Gasteiger partial charge in [-0.1, -0.05) is 0 Å². The van der Waals surface area contributed by atoms with E-state index in [9.17, 15) is 4.21 Å². The Labute approximate surface area is 61.8 Å². The second-order valence-corrected chi connectivity index (χ2v) is 5.19.